The molecule has 0 saturated carbocycles. The molecule has 0 saturated heterocycles. The molecule has 1 aromatic rings. The lowest BCUT2D eigenvalue weighted by Crippen LogP contribution is -2.35. The van der Waals surface area contributed by atoms with Gasteiger partial charge in [-0.3, -0.25) is 0 Å². The van der Waals surface area contributed by atoms with Gasteiger partial charge in [0, 0.05) is 17.0 Å². The zero-order chi connectivity index (χ0) is 13.9. The van der Waals surface area contributed by atoms with Crippen molar-refractivity contribution in [1.29, 1.82) is 0 Å². The summed E-state index contributed by atoms with van der Waals surface area (Å²) >= 11 is 17.1. The van der Waals surface area contributed by atoms with E-state index < -0.39 is 10.2 Å². The Bertz CT molecular complexity index is 560. The molecule has 0 aliphatic carbocycles. The molecule has 1 heterocycles. The van der Waals surface area contributed by atoms with Crippen LogP contribution in [0.1, 0.15) is 5.56 Å². The fourth-order valence-electron chi connectivity index (χ4n) is 1.77. The van der Waals surface area contributed by atoms with E-state index >= 15 is 0 Å². The zero-order valence-corrected chi connectivity index (χ0v) is 13.1. The lowest BCUT2D eigenvalue weighted by atomic mass is 10.2. The number of benzene rings is 1. The van der Waals surface area contributed by atoms with Gasteiger partial charge in [-0.1, -0.05) is 45.5 Å². The van der Waals surface area contributed by atoms with Crippen LogP contribution in [-0.4, -0.2) is 15.4 Å². The summed E-state index contributed by atoms with van der Waals surface area (Å²) in [5, 5.41) is 2.92. The van der Waals surface area contributed by atoms with Crippen molar-refractivity contribution in [2.24, 2.45) is 10.7 Å². The van der Waals surface area contributed by atoms with E-state index in [2.05, 4.69) is 9.71 Å². The number of aryl methyl sites for hydroxylation is 1. The fraction of sp³-hybridized carbons (Fsp3) is 0.167. The van der Waals surface area contributed by atoms with Gasteiger partial charge in [0.25, 0.3) is 0 Å². The summed E-state index contributed by atoms with van der Waals surface area (Å²) in [5.41, 5.74) is 6.73. The van der Waals surface area contributed by atoms with E-state index in [-0.39, 0.29) is 5.11 Å². The molecule has 0 radical (unpaired) electrons. The van der Waals surface area contributed by atoms with Gasteiger partial charge >= 0.3 is 0 Å². The maximum Gasteiger partial charge on any atom is 0.173 e. The second kappa shape index (κ2) is 6.13. The second-order valence-corrected chi connectivity index (χ2v) is 8.33. The molecule has 0 bridgehead atoms. The molecule has 19 heavy (non-hydrogen) atoms. The van der Waals surface area contributed by atoms with Gasteiger partial charge in [0.2, 0.25) is 0 Å². The van der Waals surface area contributed by atoms with Crippen molar-refractivity contribution >= 4 is 55.2 Å². The minimum atomic E-state index is -1.57. The summed E-state index contributed by atoms with van der Waals surface area (Å²) in [7, 11) is -1.57. The predicted octanol–water partition coefficient (Wildman–Crippen LogP) is 3.51. The Kier molecular flexibility index (Phi) is 4.73. The molecule has 102 valence electrons. The number of nitrogens with one attached hydrogen (secondary N) is 1. The van der Waals surface area contributed by atoms with Gasteiger partial charge in [-0.2, -0.15) is 0 Å². The van der Waals surface area contributed by atoms with Gasteiger partial charge in [0.15, 0.2) is 9.62 Å². The number of aliphatic imine (C=N–C) groups is 1. The van der Waals surface area contributed by atoms with Crippen molar-refractivity contribution in [3.05, 3.63) is 46.5 Å². The normalized spacial score (nSPS) is 24.6. The Hall–Kier alpha value is -0.750. The molecular formula is C12H13Cl2N3S2. The highest BCUT2D eigenvalue weighted by Gasteiger charge is 2.29. The van der Waals surface area contributed by atoms with Crippen LogP contribution in [0.15, 0.2) is 40.9 Å². The highest BCUT2D eigenvalue weighted by molar-refractivity contribution is 8.48. The molecule has 1 atom stereocenters. The van der Waals surface area contributed by atoms with Gasteiger partial charge < -0.3 is 10.5 Å². The van der Waals surface area contributed by atoms with Crippen molar-refractivity contribution in [1.82, 2.24) is 4.72 Å². The molecule has 0 amide bonds. The van der Waals surface area contributed by atoms with Crippen molar-refractivity contribution in [2.75, 3.05) is 5.75 Å². The standard InChI is InChI=1S/C12H13Cl2N3S2/c13-10-3-1-2-9(8-10)4-6-19(17-12(15)18)7-5-16-11(19)14/h1-3,5,7-8H,4,6H2,(H3,15,17,18). The summed E-state index contributed by atoms with van der Waals surface area (Å²) in [4.78, 5) is 4.11. The predicted molar refractivity (Wildman–Crippen MR) is 90.0 cm³/mol. The molecule has 1 unspecified atom stereocenters. The van der Waals surface area contributed by atoms with Crippen LogP contribution in [0.4, 0.5) is 0 Å². The van der Waals surface area contributed by atoms with Crippen LogP contribution in [0.2, 0.25) is 5.02 Å². The zero-order valence-electron chi connectivity index (χ0n) is 9.98. The third-order valence-corrected chi connectivity index (χ3v) is 6.77. The van der Waals surface area contributed by atoms with Gasteiger partial charge in [-0.25, -0.2) is 4.99 Å². The first-order valence-electron chi connectivity index (χ1n) is 5.54. The molecule has 7 heteroatoms. The maximum absolute atomic E-state index is 6.20. The Balaban J connectivity index is 2.12. The van der Waals surface area contributed by atoms with Crippen molar-refractivity contribution in [3.63, 3.8) is 0 Å². The first-order chi connectivity index (χ1) is 9.02. The number of halogens is 2. The smallest absolute Gasteiger partial charge is 0.173 e. The minimum Gasteiger partial charge on any atom is -0.376 e. The van der Waals surface area contributed by atoms with Gasteiger partial charge in [-0.15, -0.1) is 0 Å². The number of rotatable bonds is 4. The summed E-state index contributed by atoms with van der Waals surface area (Å²) in [6.07, 6.45) is 2.52. The monoisotopic (exact) mass is 333 g/mol. The molecule has 0 fully saturated rings. The molecule has 1 aromatic carbocycles. The number of hydrogen-bond acceptors (Lipinski definition) is 2. The SMILES string of the molecule is NC(=S)NS1(CCc2cccc(Cl)c2)C=CN=C1Cl. The average molecular weight is 334 g/mol. The molecule has 0 spiro atoms. The van der Waals surface area contributed by atoms with Crippen LogP contribution < -0.4 is 10.5 Å². The second-order valence-electron chi connectivity index (χ2n) is 4.01. The van der Waals surface area contributed by atoms with Crippen molar-refractivity contribution in [3.8, 4) is 0 Å². The van der Waals surface area contributed by atoms with Crippen LogP contribution in [-0.2, 0) is 6.42 Å². The lowest BCUT2D eigenvalue weighted by Gasteiger charge is -2.33. The molecule has 1 aliphatic heterocycles. The molecule has 3 nitrogen and oxygen atoms in total. The third kappa shape index (κ3) is 3.63. The lowest BCUT2D eigenvalue weighted by molar-refractivity contribution is 1.14. The van der Waals surface area contributed by atoms with Crippen molar-refractivity contribution < 1.29 is 0 Å². The highest BCUT2D eigenvalue weighted by atomic mass is 35.5. The van der Waals surface area contributed by atoms with Gasteiger partial charge in [-0.05, 0) is 41.7 Å². The van der Waals surface area contributed by atoms with Crippen LogP contribution >= 0.6 is 45.6 Å². The number of hydrogen-bond donors (Lipinski definition) is 2. The first kappa shape index (κ1) is 14.7. The van der Waals surface area contributed by atoms with E-state index in [0.717, 1.165) is 22.8 Å². The quantitative estimate of drug-likeness (QED) is 0.829. The van der Waals surface area contributed by atoms with E-state index in [9.17, 15) is 0 Å². The average Bonchev–Trinajstić information content (AvgIpc) is 2.68. The number of thiocarbonyl (C=S) groups is 1. The van der Waals surface area contributed by atoms with E-state index in [0.29, 0.717) is 4.50 Å². The summed E-state index contributed by atoms with van der Waals surface area (Å²) in [5.74, 6) is 0.781. The third-order valence-electron chi connectivity index (χ3n) is 2.65. The van der Waals surface area contributed by atoms with E-state index in [1.807, 2.05) is 29.7 Å². The molecule has 1 aliphatic rings. The van der Waals surface area contributed by atoms with E-state index in [1.54, 1.807) is 6.20 Å². The summed E-state index contributed by atoms with van der Waals surface area (Å²) < 4.78 is 3.63. The number of nitrogens with two attached hydrogens (primary N) is 1. The maximum atomic E-state index is 6.20. The molecule has 3 N–H and O–H groups in total. The Morgan fingerprint density at radius 1 is 1.42 bits per heavy atom. The van der Waals surface area contributed by atoms with E-state index in [4.69, 9.17) is 41.2 Å². The Labute approximate surface area is 129 Å². The van der Waals surface area contributed by atoms with Gasteiger partial charge in [0.1, 0.15) is 0 Å². The highest BCUT2D eigenvalue weighted by Crippen LogP contribution is 2.51. The number of nitrogens with zero attached hydrogens (tertiary/aromatic N) is 1. The van der Waals surface area contributed by atoms with Crippen LogP contribution in [0, 0.1) is 0 Å². The molecule has 2 rings (SSSR count). The van der Waals surface area contributed by atoms with Gasteiger partial charge in [0.05, 0.1) is 0 Å². The first-order valence-corrected chi connectivity index (χ1v) is 8.57. The summed E-state index contributed by atoms with van der Waals surface area (Å²) in [6, 6.07) is 7.76. The summed E-state index contributed by atoms with van der Waals surface area (Å²) in [6.45, 7) is 0. The van der Waals surface area contributed by atoms with Crippen molar-refractivity contribution in [2.45, 2.75) is 6.42 Å². The Morgan fingerprint density at radius 2 is 2.21 bits per heavy atom. The van der Waals surface area contributed by atoms with Crippen LogP contribution in [0.25, 0.3) is 0 Å². The largest absolute Gasteiger partial charge is 0.376 e. The minimum absolute atomic E-state index is 0.237. The van der Waals surface area contributed by atoms with E-state index in [1.165, 1.54) is 0 Å². The Morgan fingerprint density at radius 3 is 2.79 bits per heavy atom. The van der Waals surface area contributed by atoms with Crippen LogP contribution in [0.5, 0.6) is 0 Å². The van der Waals surface area contributed by atoms with Crippen LogP contribution in [0.3, 0.4) is 0 Å². The topological polar surface area (TPSA) is 50.4 Å². The fourth-order valence-corrected chi connectivity index (χ4v) is 5.10. The molecular weight excluding hydrogens is 321 g/mol. The molecule has 0 aromatic heterocycles.